The summed E-state index contributed by atoms with van der Waals surface area (Å²) in [6, 6.07) is 4.89. The molecule has 7 heteroatoms. The van der Waals surface area contributed by atoms with Crippen LogP contribution in [0.4, 0.5) is 5.69 Å². The number of carbonyl (C=O) groups excluding carboxylic acids is 1. The maximum absolute atomic E-state index is 12.7. The summed E-state index contributed by atoms with van der Waals surface area (Å²) >= 11 is 0. The van der Waals surface area contributed by atoms with Crippen molar-refractivity contribution in [3.05, 3.63) is 23.8 Å². The number of ether oxygens (including phenoxy) is 1. The molecule has 6 nitrogen and oxygen atoms in total. The fourth-order valence-electron chi connectivity index (χ4n) is 1.90. The van der Waals surface area contributed by atoms with Crippen LogP contribution in [0.15, 0.2) is 23.1 Å². The summed E-state index contributed by atoms with van der Waals surface area (Å²) in [6.45, 7) is 3.41. The molecule has 0 radical (unpaired) electrons. The monoisotopic (exact) mass is 300 g/mol. The number of hydrogen-bond donors (Lipinski definition) is 1. The van der Waals surface area contributed by atoms with Gasteiger partial charge in [0.1, 0.15) is 11.4 Å². The van der Waals surface area contributed by atoms with E-state index in [0.717, 1.165) is 4.31 Å². The molecule has 0 aliphatic heterocycles. The number of methoxy groups -OCH3 is 1. The van der Waals surface area contributed by atoms with Gasteiger partial charge in [0.05, 0.1) is 12.8 Å². The molecule has 2 N–H and O–H groups in total. The van der Waals surface area contributed by atoms with Gasteiger partial charge in [0.15, 0.2) is 0 Å². The molecule has 0 aliphatic rings. The van der Waals surface area contributed by atoms with Crippen LogP contribution in [0.2, 0.25) is 0 Å². The standard InChI is InChI=1S/C13H20N2O4S/c1-4-8-15(9-12(16)19-3)20(17,18)13-10(2)6-5-7-11(13)14/h5-7H,4,8-9,14H2,1-3H3. The van der Waals surface area contributed by atoms with E-state index in [1.807, 2.05) is 6.92 Å². The zero-order chi connectivity index (χ0) is 15.3. The van der Waals surface area contributed by atoms with E-state index in [0.29, 0.717) is 12.0 Å². The van der Waals surface area contributed by atoms with Gasteiger partial charge in [-0.05, 0) is 25.0 Å². The Labute approximate surface area is 119 Å². The fourth-order valence-corrected chi connectivity index (χ4v) is 3.70. The number of rotatable bonds is 6. The zero-order valence-corrected chi connectivity index (χ0v) is 12.7. The molecule has 0 aliphatic carbocycles. The number of nitrogens with zero attached hydrogens (tertiary/aromatic N) is 1. The van der Waals surface area contributed by atoms with Crippen LogP contribution in [-0.2, 0) is 19.6 Å². The van der Waals surface area contributed by atoms with Crippen molar-refractivity contribution < 1.29 is 17.9 Å². The highest BCUT2D eigenvalue weighted by molar-refractivity contribution is 7.89. The molecule has 0 aromatic heterocycles. The topological polar surface area (TPSA) is 89.7 Å². The smallest absolute Gasteiger partial charge is 0.321 e. The first-order valence-corrected chi connectivity index (χ1v) is 7.70. The maximum Gasteiger partial charge on any atom is 0.321 e. The van der Waals surface area contributed by atoms with Gasteiger partial charge < -0.3 is 10.5 Å². The summed E-state index contributed by atoms with van der Waals surface area (Å²) < 4.78 is 30.9. The fraction of sp³-hybridized carbons (Fsp3) is 0.462. The largest absolute Gasteiger partial charge is 0.468 e. The zero-order valence-electron chi connectivity index (χ0n) is 11.9. The van der Waals surface area contributed by atoms with Crippen molar-refractivity contribution in [3.63, 3.8) is 0 Å². The number of aryl methyl sites for hydroxylation is 1. The number of nitrogen functional groups attached to an aromatic ring is 1. The SMILES string of the molecule is CCCN(CC(=O)OC)S(=O)(=O)c1c(C)cccc1N. The van der Waals surface area contributed by atoms with E-state index in [9.17, 15) is 13.2 Å². The molecule has 112 valence electrons. The lowest BCUT2D eigenvalue weighted by Crippen LogP contribution is -2.37. The molecule has 0 atom stereocenters. The van der Waals surface area contributed by atoms with E-state index in [1.165, 1.54) is 13.2 Å². The van der Waals surface area contributed by atoms with Gasteiger partial charge in [-0.2, -0.15) is 4.31 Å². The highest BCUT2D eigenvalue weighted by Crippen LogP contribution is 2.26. The minimum Gasteiger partial charge on any atom is -0.468 e. The van der Waals surface area contributed by atoms with Crippen molar-refractivity contribution in [2.75, 3.05) is 25.9 Å². The van der Waals surface area contributed by atoms with Gasteiger partial charge in [-0.15, -0.1) is 0 Å². The second-order valence-electron chi connectivity index (χ2n) is 4.41. The molecule has 0 unspecified atom stereocenters. The van der Waals surface area contributed by atoms with E-state index in [4.69, 9.17) is 5.73 Å². The number of nitrogens with two attached hydrogens (primary N) is 1. The second-order valence-corrected chi connectivity index (χ2v) is 6.28. The van der Waals surface area contributed by atoms with Crippen molar-refractivity contribution in [1.29, 1.82) is 0 Å². The Kier molecular flexibility index (Phi) is 5.52. The van der Waals surface area contributed by atoms with Crippen molar-refractivity contribution >= 4 is 21.7 Å². The van der Waals surface area contributed by atoms with Crippen molar-refractivity contribution in [2.24, 2.45) is 0 Å². The molecular weight excluding hydrogens is 280 g/mol. The third kappa shape index (κ3) is 3.49. The van der Waals surface area contributed by atoms with Crippen LogP contribution < -0.4 is 5.73 Å². The molecule has 0 heterocycles. The first-order chi connectivity index (χ1) is 9.34. The molecule has 0 spiro atoms. The maximum atomic E-state index is 12.7. The minimum atomic E-state index is -3.82. The molecular formula is C13H20N2O4S. The van der Waals surface area contributed by atoms with Gasteiger partial charge in [0.2, 0.25) is 10.0 Å². The number of benzene rings is 1. The third-order valence-corrected chi connectivity index (χ3v) is 4.91. The normalized spacial score (nSPS) is 11.6. The Bertz CT molecular complexity index is 564. The predicted molar refractivity (Wildman–Crippen MR) is 76.7 cm³/mol. The van der Waals surface area contributed by atoms with Crippen LogP contribution in [0, 0.1) is 6.92 Å². The molecule has 0 bridgehead atoms. The van der Waals surface area contributed by atoms with Gasteiger partial charge in [-0.1, -0.05) is 19.1 Å². The van der Waals surface area contributed by atoms with E-state index >= 15 is 0 Å². The Balaban J connectivity index is 3.26. The van der Waals surface area contributed by atoms with Gasteiger partial charge in [-0.3, -0.25) is 4.79 Å². The molecule has 1 aromatic carbocycles. The van der Waals surface area contributed by atoms with Gasteiger partial charge in [0.25, 0.3) is 0 Å². The first-order valence-electron chi connectivity index (χ1n) is 6.26. The van der Waals surface area contributed by atoms with Crippen LogP contribution >= 0.6 is 0 Å². The Morgan fingerprint density at radius 1 is 1.40 bits per heavy atom. The Morgan fingerprint density at radius 2 is 2.05 bits per heavy atom. The molecule has 1 rings (SSSR count). The van der Waals surface area contributed by atoms with E-state index < -0.39 is 16.0 Å². The Hall–Kier alpha value is -1.60. The van der Waals surface area contributed by atoms with Gasteiger partial charge in [0, 0.05) is 6.54 Å². The highest BCUT2D eigenvalue weighted by atomic mass is 32.2. The molecule has 20 heavy (non-hydrogen) atoms. The highest BCUT2D eigenvalue weighted by Gasteiger charge is 2.29. The third-order valence-electron chi connectivity index (χ3n) is 2.85. The number of anilines is 1. The lowest BCUT2D eigenvalue weighted by molar-refractivity contribution is -0.140. The lowest BCUT2D eigenvalue weighted by Gasteiger charge is -2.22. The summed E-state index contributed by atoms with van der Waals surface area (Å²) in [5.41, 5.74) is 6.51. The molecule has 1 aromatic rings. The van der Waals surface area contributed by atoms with Gasteiger partial charge >= 0.3 is 5.97 Å². The van der Waals surface area contributed by atoms with Gasteiger partial charge in [-0.25, -0.2) is 8.42 Å². The average Bonchev–Trinajstić information content (AvgIpc) is 2.37. The molecule has 0 saturated heterocycles. The van der Waals surface area contributed by atoms with E-state index in [-0.39, 0.29) is 23.7 Å². The van der Waals surface area contributed by atoms with Crippen molar-refractivity contribution in [1.82, 2.24) is 4.31 Å². The number of hydrogen-bond acceptors (Lipinski definition) is 5. The Morgan fingerprint density at radius 3 is 2.55 bits per heavy atom. The van der Waals surface area contributed by atoms with Crippen LogP contribution in [0.25, 0.3) is 0 Å². The predicted octanol–water partition coefficient (Wildman–Crippen LogP) is 1.15. The summed E-state index contributed by atoms with van der Waals surface area (Å²) in [5.74, 6) is -0.603. The quantitative estimate of drug-likeness (QED) is 0.629. The van der Waals surface area contributed by atoms with Crippen LogP contribution in [0.5, 0.6) is 0 Å². The van der Waals surface area contributed by atoms with Crippen LogP contribution in [-0.4, -0.2) is 38.9 Å². The van der Waals surface area contributed by atoms with Crippen LogP contribution in [0.1, 0.15) is 18.9 Å². The van der Waals surface area contributed by atoms with Crippen molar-refractivity contribution in [2.45, 2.75) is 25.2 Å². The molecule has 0 saturated carbocycles. The summed E-state index contributed by atoms with van der Waals surface area (Å²) in [7, 11) is -2.60. The summed E-state index contributed by atoms with van der Waals surface area (Å²) in [5, 5.41) is 0. The van der Waals surface area contributed by atoms with E-state index in [2.05, 4.69) is 4.74 Å². The average molecular weight is 300 g/mol. The van der Waals surface area contributed by atoms with Crippen molar-refractivity contribution in [3.8, 4) is 0 Å². The summed E-state index contributed by atoms with van der Waals surface area (Å²) in [4.78, 5) is 11.4. The molecule has 0 amide bonds. The second kappa shape index (κ2) is 6.71. The minimum absolute atomic E-state index is 0.0531. The van der Waals surface area contributed by atoms with E-state index in [1.54, 1.807) is 19.1 Å². The van der Waals surface area contributed by atoms with Crippen LogP contribution in [0.3, 0.4) is 0 Å². The number of esters is 1. The molecule has 0 fully saturated rings. The lowest BCUT2D eigenvalue weighted by atomic mass is 10.2. The summed E-state index contributed by atoms with van der Waals surface area (Å²) in [6.07, 6.45) is 0.585. The number of sulfonamides is 1. The first kappa shape index (κ1) is 16.5. The number of carbonyl (C=O) groups is 1.